The van der Waals surface area contributed by atoms with Crippen LogP contribution < -0.4 is 10.1 Å². The van der Waals surface area contributed by atoms with E-state index in [4.69, 9.17) is 4.74 Å². The van der Waals surface area contributed by atoms with Crippen LogP contribution in [0, 0.1) is 12.7 Å². The molecule has 0 aliphatic heterocycles. The quantitative estimate of drug-likeness (QED) is 0.904. The number of aromatic nitrogens is 2. The van der Waals surface area contributed by atoms with Crippen molar-refractivity contribution < 1.29 is 9.13 Å². The molecule has 0 aliphatic carbocycles. The van der Waals surface area contributed by atoms with Crippen molar-refractivity contribution in [2.45, 2.75) is 13.5 Å². The first-order valence-electron chi connectivity index (χ1n) is 5.66. The van der Waals surface area contributed by atoms with Crippen LogP contribution in [0.3, 0.4) is 0 Å². The average Bonchev–Trinajstić information content (AvgIpc) is 2.66. The van der Waals surface area contributed by atoms with E-state index in [1.54, 1.807) is 16.8 Å². The molecule has 0 bridgehead atoms. The van der Waals surface area contributed by atoms with Crippen molar-refractivity contribution in [1.82, 2.24) is 9.78 Å². The fraction of sp³-hybridized carbons (Fsp3) is 0.308. The Morgan fingerprint density at radius 2 is 2.22 bits per heavy atom. The predicted octanol–water partition coefficient (Wildman–Crippen LogP) is 2.49. The third-order valence-electron chi connectivity index (χ3n) is 2.74. The number of benzene rings is 1. The van der Waals surface area contributed by atoms with Gasteiger partial charge >= 0.3 is 0 Å². The van der Waals surface area contributed by atoms with E-state index < -0.39 is 0 Å². The van der Waals surface area contributed by atoms with Crippen molar-refractivity contribution >= 4 is 5.69 Å². The highest BCUT2D eigenvalue weighted by atomic mass is 19.1. The second-order valence-corrected chi connectivity index (χ2v) is 4.11. The Kier molecular flexibility index (Phi) is 3.50. The van der Waals surface area contributed by atoms with Crippen molar-refractivity contribution in [3.8, 4) is 5.75 Å². The second kappa shape index (κ2) is 5.08. The van der Waals surface area contributed by atoms with Crippen LogP contribution in [-0.2, 0) is 13.6 Å². The van der Waals surface area contributed by atoms with Crippen LogP contribution in [0.2, 0.25) is 0 Å². The molecule has 0 radical (unpaired) electrons. The maximum absolute atomic E-state index is 13.7. The van der Waals surface area contributed by atoms with Gasteiger partial charge in [-0.25, -0.2) is 4.39 Å². The highest BCUT2D eigenvalue weighted by Gasteiger charge is 2.06. The van der Waals surface area contributed by atoms with Crippen molar-refractivity contribution in [3.05, 3.63) is 41.5 Å². The van der Waals surface area contributed by atoms with E-state index in [1.165, 1.54) is 13.2 Å². The van der Waals surface area contributed by atoms with Crippen LogP contribution in [-0.4, -0.2) is 16.9 Å². The first-order valence-corrected chi connectivity index (χ1v) is 5.66. The zero-order chi connectivity index (χ0) is 13.1. The molecule has 96 valence electrons. The van der Waals surface area contributed by atoms with Crippen LogP contribution in [0.4, 0.5) is 10.1 Å². The van der Waals surface area contributed by atoms with E-state index in [0.717, 1.165) is 11.4 Å². The zero-order valence-corrected chi connectivity index (χ0v) is 10.7. The van der Waals surface area contributed by atoms with Crippen LogP contribution in [0.25, 0.3) is 0 Å². The molecule has 1 N–H and O–H groups in total. The molecule has 0 unspecified atom stereocenters. The first kappa shape index (κ1) is 12.4. The summed E-state index contributed by atoms with van der Waals surface area (Å²) < 4.78 is 20.4. The highest BCUT2D eigenvalue weighted by molar-refractivity contribution is 5.46. The van der Waals surface area contributed by atoms with E-state index in [0.29, 0.717) is 17.9 Å². The molecule has 4 nitrogen and oxygen atoms in total. The smallest absolute Gasteiger partial charge is 0.131 e. The number of rotatable bonds is 4. The lowest BCUT2D eigenvalue weighted by Gasteiger charge is -2.07. The van der Waals surface area contributed by atoms with Gasteiger partial charge in [-0.3, -0.25) is 4.68 Å². The molecule has 0 saturated carbocycles. The zero-order valence-electron chi connectivity index (χ0n) is 10.7. The van der Waals surface area contributed by atoms with Gasteiger partial charge in [-0.05, 0) is 13.0 Å². The molecular weight excluding hydrogens is 233 g/mol. The molecule has 18 heavy (non-hydrogen) atoms. The molecule has 5 heteroatoms. The lowest BCUT2D eigenvalue weighted by Crippen LogP contribution is -2.02. The maximum Gasteiger partial charge on any atom is 0.131 e. The number of anilines is 1. The number of hydrogen-bond acceptors (Lipinski definition) is 3. The van der Waals surface area contributed by atoms with Gasteiger partial charge < -0.3 is 10.1 Å². The van der Waals surface area contributed by atoms with E-state index in [2.05, 4.69) is 10.4 Å². The summed E-state index contributed by atoms with van der Waals surface area (Å²) in [4.78, 5) is 0. The van der Waals surface area contributed by atoms with Crippen molar-refractivity contribution in [2.24, 2.45) is 7.05 Å². The summed E-state index contributed by atoms with van der Waals surface area (Å²) >= 11 is 0. The summed E-state index contributed by atoms with van der Waals surface area (Å²) in [7, 11) is 3.37. The topological polar surface area (TPSA) is 39.1 Å². The molecule has 2 aromatic rings. The lowest BCUT2D eigenvalue weighted by atomic mass is 10.2. The second-order valence-electron chi connectivity index (χ2n) is 4.11. The van der Waals surface area contributed by atoms with E-state index >= 15 is 0 Å². The van der Waals surface area contributed by atoms with Gasteiger partial charge in [0.25, 0.3) is 0 Å². The van der Waals surface area contributed by atoms with Crippen molar-refractivity contribution in [3.63, 3.8) is 0 Å². The minimum Gasteiger partial charge on any atom is -0.497 e. The SMILES string of the molecule is COc1ccc(CNc2cn(C)nc2C)c(F)c1. The Balaban J connectivity index is 2.08. The number of nitrogens with one attached hydrogen (secondary N) is 1. The van der Waals surface area contributed by atoms with Gasteiger partial charge in [0.1, 0.15) is 11.6 Å². The summed E-state index contributed by atoms with van der Waals surface area (Å²) in [6, 6.07) is 4.84. The van der Waals surface area contributed by atoms with Crippen LogP contribution >= 0.6 is 0 Å². The molecular formula is C13H16FN3O. The highest BCUT2D eigenvalue weighted by Crippen LogP contribution is 2.18. The van der Waals surface area contributed by atoms with E-state index in [-0.39, 0.29) is 5.82 Å². The lowest BCUT2D eigenvalue weighted by molar-refractivity contribution is 0.411. The number of aryl methyl sites for hydroxylation is 2. The van der Waals surface area contributed by atoms with Crippen LogP contribution in [0.5, 0.6) is 5.75 Å². The monoisotopic (exact) mass is 249 g/mol. The Hall–Kier alpha value is -2.04. The van der Waals surface area contributed by atoms with Crippen LogP contribution in [0.15, 0.2) is 24.4 Å². The summed E-state index contributed by atoms with van der Waals surface area (Å²) in [6.07, 6.45) is 1.87. The molecule has 0 fully saturated rings. The predicted molar refractivity (Wildman–Crippen MR) is 68.2 cm³/mol. The number of nitrogens with zero attached hydrogens (tertiary/aromatic N) is 2. The van der Waals surface area contributed by atoms with E-state index in [1.807, 2.05) is 20.2 Å². The number of hydrogen-bond donors (Lipinski definition) is 1. The molecule has 0 spiro atoms. The summed E-state index contributed by atoms with van der Waals surface area (Å²) in [5.74, 6) is 0.247. The van der Waals surface area contributed by atoms with Gasteiger partial charge in [0.2, 0.25) is 0 Å². The first-order chi connectivity index (χ1) is 8.60. The van der Waals surface area contributed by atoms with E-state index in [9.17, 15) is 4.39 Å². The molecule has 1 heterocycles. The fourth-order valence-electron chi connectivity index (χ4n) is 1.76. The van der Waals surface area contributed by atoms with Gasteiger partial charge in [-0.1, -0.05) is 6.07 Å². The number of methoxy groups -OCH3 is 1. The minimum atomic E-state index is -0.275. The Bertz CT molecular complexity index is 551. The third kappa shape index (κ3) is 2.61. The maximum atomic E-state index is 13.7. The molecule has 1 aromatic carbocycles. The molecule has 2 rings (SSSR count). The average molecular weight is 249 g/mol. The molecule has 0 amide bonds. The van der Waals surface area contributed by atoms with Crippen molar-refractivity contribution in [1.29, 1.82) is 0 Å². The van der Waals surface area contributed by atoms with Crippen LogP contribution in [0.1, 0.15) is 11.3 Å². The van der Waals surface area contributed by atoms with Gasteiger partial charge in [-0.15, -0.1) is 0 Å². The van der Waals surface area contributed by atoms with Gasteiger partial charge in [0, 0.05) is 31.4 Å². The Morgan fingerprint density at radius 1 is 1.44 bits per heavy atom. The largest absolute Gasteiger partial charge is 0.497 e. The fourth-order valence-corrected chi connectivity index (χ4v) is 1.76. The van der Waals surface area contributed by atoms with Crippen molar-refractivity contribution in [2.75, 3.05) is 12.4 Å². The third-order valence-corrected chi connectivity index (χ3v) is 2.74. The Labute approximate surface area is 105 Å². The van der Waals surface area contributed by atoms with Gasteiger partial charge in [0.15, 0.2) is 0 Å². The summed E-state index contributed by atoms with van der Waals surface area (Å²) in [6.45, 7) is 2.33. The van der Waals surface area contributed by atoms with Gasteiger partial charge in [0.05, 0.1) is 18.5 Å². The number of halogens is 1. The minimum absolute atomic E-state index is 0.275. The molecule has 0 saturated heterocycles. The molecule has 0 aliphatic rings. The standard InChI is InChI=1S/C13H16FN3O/c1-9-13(8-17(2)16-9)15-7-10-4-5-11(18-3)6-12(10)14/h4-6,8,15H,7H2,1-3H3. The summed E-state index contributed by atoms with van der Waals surface area (Å²) in [5, 5.41) is 7.38. The summed E-state index contributed by atoms with van der Waals surface area (Å²) in [5.41, 5.74) is 2.40. The van der Waals surface area contributed by atoms with Gasteiger partial charge in [-0.2, -0.15) is 5.10 Å². The molecule has 1 aromatic heterocycles. The normalized spacial score (nSPS) is 10.4. The number of ether oxygens (including phenoxy) is 1. The molecule has 0 atom stereocenters. The Morgan fingerprint density at radius 3 is 2.78 bits per heavy atom.